The summed E-state index contributed by atoms with van der Waals surface area (Å²) < 4.78 is 0. The second kappa shape index (κ2) is 4.72. The van der Waals surface area contributed by atoms with Gasteiger partial charge in [0, 0.05) is 11.1 Å². The van der Waals surface area contributed by atoms with Gasteiger partial charge in [-0.1, -0.05) is 59.7 Å². The minimum absolute atomic E-state index is 0.0308. The van der Waals surface area contributed by atoms with Crippen LogP contribution in [-0.2, 0) is 15.9 Å². The van der Waals surface area contributed by atoms with Gasteiger partial charge < -0.3 is 0 Å². The van der Waals surface area contributed by atoms with Crippen molar-refractivity contribution in [2.75, 3.05) is 0 Å². The molecule has 1 radical (unpaired) electrons. The topological polar surface area (TPSA) is 19.9 Å². The largest absolute Gasteiger partial charge is 0.289 e. The van der Waals surface area contributed by atoms with Crippen LogP contribution >= 0.6 is 0 Å². The van der Waals surface area contributed by atoms with Crippen LogP contribution in [0.15, 0.2) is 18.2 Å². The first-order valence-corrected chi connectivity index (χ1v) is 6.57. The summed E-state index contributed by atoms with van der Waals surface area (Å²) in [5.41, 5.74) is 1.85. The molecular formula is C16H25O. The summed E-state index contributed by atoms with van der Waals surface area (Å²) in [5, 5.41) is 12.6. The highest BCUT2D eigenvalue weighted by molar-refractivity contribution is 5.47. The van der Waals surface area contributed by atoms with E-state index in [1.54, 1.807) is 0 Å². The molecule has 1 rings (SSSR count). The molecule has 0 fully saturated rings. The highest BCUT2D eigenvalue weighted by atomic mass is 16.3. The Morgan fingerprint density at radius 2 is 1.24 bits per heavy atom. The summed E-state index contributed by atoms with van der Waals surface area (Å²) in [6, 6.07) is 6.00. The Hall–Kier alpha value is -0.980. The summed E-state index contributed by atoms with van der Waals surface area (Å²) in [5.74, 6) is 0.242. The van der Waals surface area contributed by atoms with Crippen molar-refractivity contribution >= 4 is 0 Å². The van der Waals surface area contributed by atoms with Gasteiger partial charge >= 0.3 is 0 Å². The molecule has 0 aliphatic rings. The minimum atomic E-state index is -0.0308. The van der Waals surface area contributed by atoms with Crippen LogP contribution in [0.1, 0.15) is 65.5 Å². The van der Waals surface area contributed by atoms with Crippen molar-refractivity contribution in [2.45, 2.75) is 65.2 Å². The van der Waals surface area contributed by atoms with Crippen LogP contribution in [0.25, 0.3) is 0 Å². The SMILES string of the molecule is CCC(C)(C)c1cccc(C(C)(C)CC)c1[O]. The zero-order valence-corrected chi connectivity index (χ0v) is 12.1. The third kappa shape index (κ3) is 2.65. The zero-order valence-electron chi connectivity index (χ0n) is 12.1. The van der Waals surface area contributed by atoms with Crippen LogP contribution in [0, 0.1) is 0 Å². The van der Waals surface area contributed by atoms with Crippen molar-refractivity contribution in [3.05, 3.63) is 29.3 Å². The maximum atomic E-state index is 12.6. The molecule has 1 heteroatoms. The van der Waals surface area contributed by atoms with Crippen LogP contribution < -0.4 is 0 Å². The molecule has 1 nitrogen and oxygen atoms in total. The first-order valence-electron chi connectivity index (χ1n) is 6.57. The molecule has 0 bridgehead atoms. The van der Waals surface area contributed by atoms with E-state index in [9.17, 15) is 5.11 Å². The molecule has 0 aromatic heterocycles. The highest BCUT2D eigenvalue weighted by Crippen LogP contribution is 2.41. The molecule has 1 aromatic carbocycles. The van der Waals surface area contributed by atoms with Crippen LogP contribution in [0.5, 0.6) is 5.75 Å². The molecule has 0 N–H and O–H groups in total. The van der Waals surface area contributed by atoms with E-state index < -0.39 is 0 Å². The summed E-state index contributed by atoms with van der Waals surface area (Å²) in [6.07, 6.45) is 1.97. The lowest BCUT2D eigenvalue weighted by molar-refractivity contribution is 0.319. The van der Waals surface area contributed by atoms with Gasteiger partial charge in [-0.25, -0.2) is 0 Å². The van der Waals surface area contributed by atoms with Gasteiger partial charge in [0.25, 0.3) is 0 Å². The van der Waals surface area contributed by atoms with Crippen LogP contribution in [-0.4, -0.2) is 0 Å². The molecule has 0 unspecified atom stereocenters. The summed E-state index contributed by atoms with van der Waals surface area (Å²) in [7, 11) is 0. The fourth-order valence-corrected chi connectivity index (χ4v) is 1.98. The lowest BCUT2D eigenvalue weighted by Gasteiger charge is -2.29. The van der Waals surface area contributed by atoms with Crippen molar-refractivity contribution in [3.8, 4) is 5.75 Å². The lowest BCUT2D eigenvalue weighted by Crippen LogP contribution is -2.20. The predicted molar refractivity (Wildman–Crippen MR) is 73.2 cm³/mol. The zero-order chi connectivity index (χ0) is 13.3. The van der Waals surface area contributed by atoms with Crippen molar-refractivity contribution in [1.82, 2.24) is 0 Å². The first-order chi connectivity index (χ1) is 7.76. The Morgan fingerprint density at radius 3 is 1.53 bits per heavy atom. The normalized spacial score (nSPS) is 12.8. The fraction of sp³-hybridized carbons (Fsp3) is 0.625. The van der Waals surface area contributed by atoms with E-state index in [2.05, 4.69) is 41.5 Å². The summed E-state index contributed by atoms with van der Waals surface area (Å²) in [6.45, 7) is 12.9. The third-order valence-corrected chi connectivity index (χ3v) is 4.24. The van der Waals surface area contributed by atoms with Crippen LogP contribution in [0.2, 0.25) is 0 Å². The maximum absolute atomic E-state index is 12.6. The van der Waals surface area contributed by atoms with Gasteiger partial charge in [-0.15, -0.1) is 0 Å². The smallest absolute Gasteiger partial charge is 0.186 e. The summed E-state index contributed by atoms with van der Waals surface area (Å²) in [4.78, 5) is 0. The number of hydrogen-bond donors (Lipinski definition) is 0. The number of benzene rings is 1. The molecule has 0 saturated heterocycles. The van der Waals surface area contributed by atoms with E-state index in [-0.39, 0.29) is 16.6 Å². The fourth-order valence-electron chi connectivity index (χ4n) is 1.98. The van der Waals surface area contributed by atoms with Gasteiger partial charge in [0.05, 0.1) is 0 Å². The second-order valence-electron chi connectivity index (χ2n) is 6.16. The molecule has 0 amide bonds. The lowest BCUT2D eigenvalue weighted by atomic mass is 9.76. The number of rotatable bonds is 4. The maximum Gasteiger partial charge on any atom is 0.186 e. The van der Waals surface area contributed by atoms with Gasteiger partial charge in [-0.2, -0.15) is 0 Å². The highest BCUT2D eigenvalue weighted by Gasteiger charge is 2.29. The van der Waals surface area contributed by atoms with Crippen LogP contribution in [0.3, 0.4) is 0 Å². The summed E-state index contributed by atoms with van der Waals surface area (Å²) >= 11 is 0. The van der Waals surface area contributed by atoms with E-state index in [0.717, 1.165) is 24.0 Å². The Kier molecular flexibility index (Phi) is 3.91. The van der Waals surface area contributed by atoms with Crippen molar-refractivity contribution in [2.24, 2.45) is 0 Å². The van der Waals surface area contributed by atoms with Gasteiger partial charge in [0.15, 0.2) is 5.75 Å². The van der Waals surface area contributed by atoms with Gasteiger partial charge in [-0.05, 0) is 23.7 Å². The molecule has 17 heavy (non-hydrogen) atoms. The van der Waals surface area contributed by atoms with E-state index >= 15 is 0 Å². The number of hydrogen-bond acceptors (Lipinski definition) is 0. The van der Waals surface area contributed by atoms with Crippen molar-refractivity contribution in [3.63, 3.8) is 0 Å². The quantitative estimate of drug-likeness (QED) is 0.680. The van der Waals surface area contributed by atoms with E-state index in [4.69, 9.17) is 0 Å². The third-order valence-electron chi connectivity index (χ3n) is 4.24. The average Bonchev–Trinajstić information content (AvgIpc) is 2.28. The molecule has 0 atom stereocenters. The first kappa shape index (κ1) is 14.1. The van der Waals surface area contributed by atoms with Gasteiger partial charge in [0.1, 0.15) is 0 Å². The molecular weight excluding hydrogens is 208 g/mol. The predicted octanol–water partition coefficient (Wildman–Crippen LogP) is 5.21. The van der Waals surface area contributed by atoms with Gasteiger partial charge in [0.2, 0.25) is 0 Å². The van der Waals surface area contributed by atoms with Crippen LogP contribution in [0.4, 0.5) is 0 Å². The van der Waals surface area contributed by atoms with E-state index in [1.165, 1.54) is 0 Å². The van der Waals surface area contributed by atoms with E-state index in [1.807, 2.05) is 18.2 Å². The Morgan fingerprint density at radius 1 is 0.882 bits per heavy atom. The molecule has 0 saturated carbocycles. The van der Waals surface area contributed by atoms with Crippen molar-refractivity contribution < 1.29 is 5.11 Å². The monoisotopic (exact) mass is 233 g/mol. The molecule has 0 aliphatic heterocycles. The second-order valence-corrected chi connectivity index (χ2v) is 6.16. The molecule has 0 heterocycles. The Balaban J connectivity index is 3.36. The molecule has 0 spiro atoms. The molecule has 0 aliphatic carbocycles. The number of para-hydroxylation sites is 1. The Labute approximate surface area is 106 Å². The van der Waals surface area contributed by atoms with Crippen molar-refractivity contribution in [1.29, 1.82) is 0 Å². The molecule has 95 valence electrons. The standard InChI is InChI=1S/C16H25O/c1-7-15(3,4)12-10-9-11-13(14(12)17)16(5,6)8-2/h9-11H,7-8H2,1-6H3. The Bertz CT molecular complexity index is 354. The minimum Gasteiger partial charge on any atom is -0.289 e. The van der Waals surface area contributed by atoms with Gasteiger partial charge in [-0.3, -0.25) is 5.11 Å². The average molecular weight is 233 g/mol. The molecule has 1 aromatic rings. The van der Waals surface area contributed by atoms with E-state index in [0.29, 0.717) is 0 Å².